The predicted molar refractivity (Wildman–Crippen MR) is 101 cm³/mol. The number of ether oxygens (including phenoxy) is 1. The maximum Gasteiger partial charge on any atom is 0.339 e. The minimum Gasteiger partial charge on any atom is -0.452 e. The van der Waals surface area contributed by atoms with Gasteiger partial charge in [-0.1, -0.05) is 49.2 Å². The summed E-state index contributed by atoms with van der Waals surface area (Å²) in [5.74, 6) is 0.165. The number of piperidine rings is 1. The third-order valence-corrected chi connectivity index (χ3v) is 5.90. The van der Waals surface area contributed by atoms with E-state index in [1.807, 2.05) is 41.3 Å². The zero-order valence-electron chi connectivity index (χ0n) is 15.0. The average molecular weight is 351 g/mol. The van der Waals surface area contributed by atoms with Gasteiger partial charge in [0, 0.05) is 12.6 Å². The van der Waals surface area contributed by atoms with E-state index in [4.69, 9.17) is 4.74 Å². The molecule has 0 radical (unpaired) electrons. The maximum atomic E-state index is 12.7. The van der Waals surface area contributed by atoms with Gasteiger partial charge in [0.15, 0.2) is 6.61 Å². The monoisotopic (exact) mass is 351 g/mol. The average Bonchev–Trinajstić information content (AvgIpc) is 2.71. The second-order valence-electron chi connectivity index (χ2n) is 7.44. The van der Waals surface area contributed by atoms with Crippen molar-refractivity contribution in [3.05, 3.63) is 48.0 Å². The first-order valence-electron chi connectivity index (χ1n) is 9.68. The van der Waals surface area contributed by atoms with Crippen LogP contribution in [-0.2, 0) is 9.53 Å². The van der Waals surface area contributed by atoms with Gasteiger partial charge >= 0.3 is 5.97 Å². The molecule has 2 fully saturated rings. The molecule has 0 unspecified atom stereocenters. The summed E-state index contributed by atoms with van der Waals surface area (Å²) in [6, 6.07) is 13.6. The Labute approximate surface area is 154 Å². The molecular formula is C22H25NO3. The van der Waals surface area contributed by atoms with Crippen LogP contribution in [0, 0.1) is 5.92 Å². The molecule has 0 spiro atoms. The molecule has 1 heterocycles. The minimum atomic E-state index is -0.424. The molecule has 1 saturated carbocycles. The summed E-state index contributed by atoms with van der Waals surface area (Å²) in [5.41, 5.74) is 0.519. The quantitative estimate of drug-likeness (QED) is 0.780. The highest BCUT2D eigenvalue weighted by atomic mass is 16.5. The van der Waals surface area contributed by atoms with E-state index < -0.39 is 5.97 Å². The second kappa shape index (κ2) is 7.48. The van der Waals surface area contributed by atoms with Gasteiger partial charge in [-0.2, -0.15) is 0 Å². The van der Waals surface area contributed by atoms with Crippen molar-refractivity contribution in [2.75, 3.05) is 13.2 Å². The summed E-state index contributed by atoms with van der Waals surface area (Å²) in [4.78, 5) is 27.2. The number of carbonyl (C=O) groups is 2. The number of carbonyl (C=O) groups excluding carboxylic acids is 2. The zero-order chi connectivity index (χ0) is 17.9. The molecule has 26 heavy (non-hydrogen) atoms. The van der Waals surface area contributed by atoms with Crippen LogP contribution in [0.25, 0.3) is 10.8 Å². The number of hydrogen-bond acceptors (Lipinski definition) is 3. The predicted octanol–water partition coefficient (Wildman–Crippen LogP) is 4.18. The lowest BCUT2D eigenvalue weighted by molar-refractivity contribution is -0.140. The van der Waals surface area contributed by atoms with Crippen molar-refractivity contribution in [3.8, 4) is 0 Å². The van der Waals surface area contributed by atoms with Crippen molar-refractivity contribution < 1.29 is 14.3 Å². The number of hydrogen-bond donors (Lipinski definition) is 0. The number of esters is 1. The molecule has 2 aliphatic rings. The first kappa shape index (κ1) is 17.1. The number of fused-ring (bicyclic) bond motifs is 2. The Balaban J connectivity index is 1.43. The van der Waals surface area contributed by atoms with E-state index in [0.717, 1.165) is 30.2 Å². The van der Waals surface area contributed by atoms with Gasteiger partial charge in [-0.15, -0.1) is 0 Å². The van der Waals surface area contributed by atoms with Crippen molar-refractivity contribution in [2.45, 2.75) is 44.6 Å². The summed E-state index contributed by atoms with van der Waals surface area (Å²) in [6.07, 6.45) is 7.08. The van der Waals surface area contributed by atoms with E-state index in [1.165, 1.54) is 25.7 Å². The van der Waals surface area contributed by atoms with Crippen molar-refractivity contribution in [1.82, 2.24) is 4.90 Å². The first-order chi connectivity index (χ1) is 12.7. The number of nitrogens with zero attached hydrogens (tertiary/aromatic N) is 1. The van der Waals surface area contributed by atoms with Crippen LogP contribution >= 0.6 is 0 Å². The second-order valence-corrected chi connectivity index (χ2v) is 7.44. The molecule has 4 rings (SSSR count). The van der Waals surface area contributed by atoms with Gasteiger partial charge in [0.05, 0.1) is 5.56 Å². The normalized spacial score (nSPS) is 22.7. The van der Waals surface area contributed by atoms with E-state index in [1.54, 1.807) is 6.07 Å². The molecular weight excluding hydrogens is 326 g/mol. The van der Waals surface area contributed by atoms with Gasteiger partial charge in [-0.05, 0) is 48.4 Å². The topological polar surface area (TPSA) is 46.6 Å². The van der Waals surface area contributed by atoms with E-state index in [-0.39, 0.29) is 12.5 Å². The Morgan fingerprint density at radius 3 is 2.65 bits per heavy atom. The van der Waals surface area contributed by atoms with Gasteiger partial charge in [0.1, 0.15) is 0 Å². The first-order valence-corrected chi connectivity index (χ1v) is 9.68. The van der Waals surface area contributed by atoms with Crippen molar-refractivity contribution in [2.24, 2.45) is 5.92 Å². The van der Waals surface area contributed by atoms with Crippen molar-refractivity contribution in [1.29, 1.82) is 0 Å². The molecule has 2 atom stereocenters. The SMILES string of the molecule is O=C(OCC(=O)N1CCC[C@H]2CCCC[C@H]21)c1cccc2ccccc12. The Kier molecular flexibility index (Phi) is 4.91. The molecule has 1 saturated heterocycles. The zero-order valence-corrected chi connectivity index (χ0v) is 15.0. The van der Waals surface area contributed by atoms with E-state index in [2.05, 4.69) is 0 Å². The third kappa shape index (κ3) is 3.33. The summed E-state index contributed by atoms with van der Waals surface area (Å²) in [5, 5.41) is 1.85. The molecule has 136 valence electrons. The standard InChI is InChI=1S/C22H25NO3/c24-21(23-14-6-10-17-8-2-4-13-20(17)23)15-26-22(25)19-12-5-9-16-7-1-3-11-18(16)19/h1,3,5,7,9,11-12,17,20H,2,4,6,8,10,13-15H2/t17-,20-/m1/s1. The van der Waals surface area contributed by atoms with Crippen LogP contribution in [0.1, 0.15) is 48.9 Å². The van der Waals surface area contributed by atoms with Crippen molar-refractivity contribution in [3.63, 3.8) is 0 Å². The molecule has 1 amide bonds. The third-order valence-electron chi connectivity index (χ3n) is 5.90. The van der Waals surface area contributed by atoms with Crippen LogP contribution in [0.2, 0.25) is 0 Å². The molecule has 4 nitrogen and oxygen atoms in total. The largest absolute Gasteiger partial charge is 0.452 e. The number of benzene rings is 2. The summed E-state index contributed by atoms with van der Waals surface area (Å²) >= 11 is 0. The highest BCUT2D eigenvalue weighted by molar-refractivity contribution is 6.04. The molecule has 0 aromatic heterocycles. The molecule has 1 aliphatic heterocycles. The van der Waals surface area contributed by atoms with Crippen LogP contribution in [0.5, 0.6) is 0 Å². The molecule has 1 aliphatic carbocycles. The van der Waals surface area contributed by atoms with Gasteiger partial charge in [-0.3, -0.25) is 4.79 Å². The lowest BCUT2D eigenvalue weighted by Crippen LogP contribution is -2.50. The van der Waals surface area contributed by atoms with E-state index >= 15 is 0 Å². The highest BCUT2D eigenvalue weighted by Crippen LogP contribution is 2.35. The molecule has 0 N–H and O–H groups in total. The van der Waals surface area contributed by atoms with Gasteiger partial charge < -0.3 is 9.64 Å². The number of amides is 1. The molecule has 2 aromatic carbocycles. The summed E-state index contributed by atoms with van der Waals surface area (Å²) in [6.45, 7) is 0.636. The molecule has 4 heteroatoms. The molecule has 2 aromatic rings. The Morgan fingerprint density at radius 2 is 1.73 bits per heavy atom. The lowest BCUT2D eigenvalue weighted by atomic mass is 9.78. The number of rotatable bonds is 3. The smallest absolute Gasteiger partial charge is 0.339 e. The Bertz CT molecular complexity index is 809. The van der Waals surface area contributed by atoms with Gasteiger partial charge in [0.25, 0.3) is 5.91 Å². The van der Waals surface area contributed by atoms with Crippen LogP contribution < -0.4 is 0 Å². The maximum absolute atomic E-state index is 12.7. The van der Waals surface area contributed by atoms with E-state index in [9.17, 15) is 9.59 Å². The van der Waals surface area contributed by atoms with Crippen LogP contribution in [0.4, 0.5) is 0 Å². The lowest BCUT2D eigenvalue weighted by Gasteiger charge is -2.44. The van der Waals surface area contributed by atoms with Crippen LogP contribution in [0.3, 0.4) is 0 Å². The Hall–Kier alpha value is -2.36. The van der Waals surface area contributed by atoms with E-state index in [0.29, 0.717) is 17.5 Å². The summed E-state index contributed by atoms with van der Waals surface area (Å²) in [7, 11) is 0. The summed E-state index contributed by atoms with van der Waals surface area (Å²) < 4.78 is 5.40. The van der Waals surface area contributed by atoms with Crippen molar-refractivity contribution >= 4 is 22.6 Å². The minimum absolute atomic E-state index is 0.0461. The fraction of sp³-hybridized carbons (Fsp3) is 0.455. The Morgan fingerprint density at radius 1 is 0.962 bits per heavy atom. The van der Waals surface area contributed by atoms with Gasteiger partial charge in [-0.25, -0.2) is 4.79 Å². The van der Waals surface area contributed by atoms with Crippen LogP contribution in [0.15, 0.2) is 42.5 Å². The van der Waals surface area contributed by atoms with Gasteiger partial charge in [0.2, 0.25) is 0 Å². The highest BCUT2D eigenvalue weighted by Gasteiger charge is 2.35. The number of likely N-dealkylation sites (tertiary alicyclic amines) is 1. The fourth-order valence-corrected chi connectivity index (χ4v) is 4.63. The fourth-order valence-electron chi connectivity index (χ4n) is 4.63. The molecule has 0 bridgehead atoms. The van der Waals surface area contributed by atoms with Crippen LogP contribution in [-0.4, -0.2) is 36.0 Å².